The molecule has 1 N–H and O–H groups in total. The number of hydrogen-bond acceptors (Lipinski definition) is 5. The van der Waals surface area contributed by atoms with Crippen LogP contribution in [0, 0.1) is 0 Å². The van der Waals surface area contributed by atoms with Gasteiger partial charge in [-0.2, -0.15) is 0 Å². The van der Waals surface area contributed by atoms with Crippen molar-refractivity contribution >= 4 is 28.8 Å². The van der Waals surface area contributed by atoms with E-state index in [0.29, 0.717) is 24.5 Å². The van der Waals surface area contributed by atoms with Crippen molar-refractivity contribution < 1.29 is 14.3 Å². The SMILES string of the molecule is C=C(C)c1cccc(C(C)(C)NC(=O)OCCc2ccc(OC/C=C/c3ccccc3)c(-n3nc4ccccc4n3)c2)c1. The summed E-state index contributed by atoms with van der Waals surface area (Å²) >= 11 is 0. The number of nitrogens with one attached hydrogen (secondary N) is 1. The van der Waals surface area contributed by atoms with Crippen LogP contribution < -0.4 is 10.1 Å². The van der Waals surface area contributed by atoms with Crippen LogP contribution in [0.4, 0.5) is 4.79 Å². The molecule has 1 heterocycles. The van der Waals surface area contributed by atoms with Gasteiger partial charge in [-0.3, -0.25) is 0 Å². The van der Waals surface area contributed by atoms with Gasteiger partial charge in [-0.25, -0.2) is 4.79 Å². The maximum atomic E-state index is 12.7. The van der Waals surface area contributed by atoms with Crippen molar-refractivity contribution in [3.05, 3.63) is 132 Å². The van der Waals surface area contributed by atoms with E-state index in [0.717, 1.165) is 38.9 Å². The molecule has 0 bridgehead atoms. The maximum absolute atomic E-state index is 12.7. The van der Waals surface area contributed by atoms with Crippen molar-refractivity contribution in [2.75, 3.05) is 13.2 Å². The van der Waals surface area contributed by atoms with Gasteiger partial charge in [-0.15, -0.1) is 15.0 Å². The molecule has 4 aromatic carbocycles. The molecule has 0 radical (unpaired) electrons. The molecule has 0 atom stereocenters. The Labute approximate surface area is 252 Å². The Morgan fingerprint density at radius 2 is 1.65 bits per heavy atom. The van der Waals surface area contributed by atoms with Gasteiger partial charge >= 0.3 is 6.09 Å². The molecule has 1 amide bonds. The second-order valence-corrected chi connectivity index (χ2v) is 10.9. The molecule has 5 aromatic rings. The zero-order valence-corrected chi connectivity index (χ0v) is 24.8. The molecule has 0 spiro atoms. The third kappa shape index (κ3) is 7.57. The minimum Gasteiger partial charge on any atom is -0.487 e. The van der Waals surface area contributed by atoms with E-state index in [1.165, 1.54) is 0 Å². The molecule has 0 unspecified atom stereocenters. The largest absolute Gasteiger partial charge is 0.487 e. The summed E-state index contributed by atoms with van der Waals surface area (Å²) in [4.78, 5) is 14.3. The average Bonchev–Trinajstić information content (AvgIpc) is 3.44. The summed E-state index contributed by atoms with van der Waals surface area (Å²) < 4.78 is 11.7. The first-order chi connectivity index (χ1) is 20.8. The third-order valence-corrected chi connectivity index (χ3v) is 7.09. The van der Waals surface area contributed by atoms with Crippen LogP contribution in [0.25, 0.3) is 28.4 Å². The average molecular weight is 573 g/mol. The minimum absolute atomic E-state index is 0.210. The number of hydrogen-bond donors (Lipinski definition) is 1. The van der Waals surface area contributed by atoms with Crippen molar-refractivity contribution in [2.45, 2.75) is 32.7 Å². The number of benzene rings is 4. The summed E-state index contributed by atoms with van der Waals surface area (Å²) in [6.45, 7) is 10.5. The lowest BCUT2D eigenvalue weighted by atomic mass is 9.92. The Bertz CT molecular complexity index is 1720. The second kappa shape index (κ2) is 13.2. The smallest absolute Gasteiger partial charge is 0.407 e. The highest BCUT2D eigenvalue weighted by atomic mass is 16.5. The predicted molar refractivity (Wildman–Crippen MR) is 172 cm³/mol. The topological polar surface area (TPSA) is 78.3 Å². The molecule has 0 fully saturated rings. The summed E-state index contributed by atoms with van der Waals surface area (Å²) in [6, 6.07) is 31.7. The number of fused-ring (bicyclic) bond motifs is 1. The number of carbonyl (C=O) groups excluding carboxylic acids is 1. The maximum Gasteiger partial charge on any atom is 0.407 e. The van der Waals surface area contributed by atoms with Gasteiger partial charge in [-0.05, 0) is 79.4 Å². The van der Waals surface area contributed by atoms with Crippen LogP contribution in [0.5, 0.6) is 5.75 Å². The zero-order valence-electron chi connectivity index (χ0n) is 24.8. The summed E-state index contributed by atoms with van der Waals surface area (Å²) in [5, 5.41) is 12.3. The second-order valence-electron chi connectivity index (χ2n) is 10.9. The van der Waals surface area contributed by atoms with Crippen molar-refractivity contribution in [3.63, 3.8) is 0 Å². The molecule has 7 nitrogen and oxygen atoms in total. The van der Waals surface area contributed by atoms with Gasteiger partial charge in [0, 0.05) is 6.42 Å². The van der Waals surface area contributed by atoms with Gasteiger partial charge < -0.3 is 14.8 Å². The summed E-state index contributed by atoms with van der Waals surface area (Å²) in [5.41, 5.74) is 6.73. The normalized spacial score (nSPS) is 11.5. The Morgan fingerprint density at radius 3 is 2.37 bits per heavy atom. The van der Waals surface area contributed by atoms with Crippen LogP contribution in [0.15, 0.2) is 110 Å². The Kier molecular flexibility index (Phi) is 9.01. The van der Waals surface area contributed by atoms with E-state index >= 15 is 0 Å². The Balaban J connectivity index is 1.26. The summed E-state index contributed by atoms with van der Waals surface area (Å²) in [5.74, 6) is 0.652. The Hall–Kier alpha value is -5.17. The lowest BCUT2D eigenvalue weighted by Gasteiger charge is -2.27. The highest BCUT2D eigenvalue weighted by Crippen LogP contribution is 2.26. The molecule has 0 aliphatic heterocycles. The van der Waals surface area contributed by atoms with E-state index in [4.69, 9.17) is 9.47 Å². The standard InChI is InChI=1S/C36H36N4O3/c1-26(2)29-15-10-16-30(25-29)36(3,4)37-35(41)43-23-21-28-19-20-34(42-22-11-14-27-12-6-5-7-13-27)33(24-28)40-38-31-17-8-9-18-32(31)39-40/h5-20,24-25H,1,21-23H2,2-4H3,(H,37,41)/b14-11+. The number of aromatic nitrogens is 3. The van der Waals surface area contributed by atoms with Crippen molar-refractivity contribution in [1.82, 2.24) is 20.3 Å². The molecular weight excluding hydrogens is 536 g/mol. The van der Waals surface area contributed by atoms with Gasteiger partial charge in [0.15, 0.2) is 0 Å². The van der Waals surface area contributed by atoms with Crippen LogP contribution in [0.3, 0.4) is 0 Å². The highest BCUT2D eigenvalue weighted by molar-refractivity contribution is 5.74. The van der Waals surface area contributed by atoms with Crippen LogP contribution >= 0.6 is 0 Å². The van der Waals surface area contributed by atoms with E-state index in [2.05, 4.69) is 22.1 Å². The molecule has 218 valence electrons. The first-order valence-corrected chi connectivity index (χ1v) is 14.3. The number of nitrogens with zero attached hydrogens (tertiary/aromatic N) is 3. The number of ether oxygens (including phenoxy) is 2. The van der Waals surface area contributed by atoms with Crippen molar-refractivity contribution in [1.29, 1.82) is 0 Å². The molecular formula is C36H36N4O3. The molecule has 0 saturated heterocycles. The monoisotopic (exact) mass is 572 g/mol. The lowest BCUT2D eigenvalue weighted by Crippen LogP contribution is -2.41. The van der Waals surface area contributed by atoms with Gasteiger partial charge in [0.2, 0.25) is 0 Å². The molecule has 1 aromatic heterocycles. The quantitative estimate of drug-likeness (QED) is 0.175. The number of allylic oxidation sites excluding steroid dienone is 1. The predicted octanol–water partition coefficient (Wildman–Crippen LogP) is 7.75. The van der Waals surface area contributed by atoms with Crippen LogP contribution in [-0.4, -0.2) is 34.3 Å². The van der Waals surface area contributed by atoms with E-state index < -0.39 is 11.6 Å². The highest BCUT2D eigenvalue weighted by Gasteiger charge is 2.24. The first-order valence-electron chi connectivity index (χ1n) is 14.3. The van der Waals surface area contributed by atoms with Crippen LogP contribution in [0.1, 0.15) is 43.0 Å². The number of rotatable bonds is 11. The fourth-order valence-electron chi connectivity index (χ4n) is 4.65. The third-order valence-electron chi connectivity index (χ3n) is 7.09. The number of amides is 1. The van der Waals surface area contributed by atoms with Gasteiger partial charge in [0.1, 0.15) is 29.1 Å². The molecule has 0 saturated carbocycles. The Morgan fingerprint density at radius 1 is 0.930 bits per heavy atom. The van der Waals surface area contributed by atoms with Gasteiger partial charge in [-0.1, -0.05) is 85.0 Å². The van der Waals surface area contributed by atoms with Crippen LogP contribution in [-0.2, 0) is 16.7 Å². The van der Waals surface area contributed by atoms with Gasteiger partial charge in [0.25, 0.3) is 0 Å². The van der Waals surface area contributed by atoms with E-state index in [9.17, 15) is 4.79 Å². The first kappa shape index (κ1) is 29.3. The molecule has 5 rings (SSSR count). The molecule has 7 heteroatoms. The lowest BCUT2D eigenvalue weighted by molar-refractivity contribution is 0.137. The van der Waals surface area contributed by atoms with Crippen LogP contribution in [0.2, 0.25) is 0 Å². The van der Waals surface area contributed by atoms with Gasteiger partial charge in [0.05, 0.1) is 12.1 Å². The molecule has 0 aliphatic carbocycles. The molecule has 0 aliphatic rings. The zero-order chi connectivity index (χ0) is 30.2. The molecule has 43 heavy (non-hydrogen) atoms. The van der Waals surface area contributed by atoms with E-state index in [1.807, 2.05) is 130 Å². The van der Waals surface area contributed by atoms with E-state index in [-0.39, 0.29) is 6.61 Å². The fraction of sp³-hybridized carbons (Fsp3) is 0.194. The summed E-state index contributed by atoms with van der Waals surface area (Å²) in [6.07, 6.45) is 4.04. The number of carbonyl (C=O) groups is 1. The fourth-order valence-corrected chi connectivity index (χ4v) is 4.65. The number of alkyl carbamates (subject to hydrolysis) is 1. The van der Waals surface area contributed by atoms with Crippen molar-refractivity contribution in [3.8, 4) is 11.4 Å². The van der Waals surface area contributed by atoms with E-state index in [1.54, 1.807) is 4.80 Å². The summed E-state index contributed by atoms with van der Waals surface area (Å²) in [7, 11) is 0. The minimum atomic E-state index is -0.614. The van der Waals surface area contributed by atoms with Crippen molar-refractivity contribution in [2.24, 2.45) is 0 Å².